The second-order valence-electron chi connectivity index (χ2n) is 2.54. The zero-order valence-corrected chi connectivity index (χ0v) is 7.44. The number of nitrogens with zero attached hydrogens (tertiary/aromatic N) is 2. The van der Waals surface area contributed by atoms with E-state index in [4.69, 9.17) is 14.9 Å². The van der Waals surface area contributed by atoms with E-state index in [0.29, 0.717) is 5.76 Å². The van der Waals surface area contributed by atoms with Crippen LogP contribution in [0, 0.1) is 22.7 Å². The van der Waals surface area contributed by atoms with Crippen LogP contribution < -0.4 is 0 Å². The van der Waals surface area contributed by atoms with Crippen molar-refractivity contribution in [3.8, 4) is 12.1 Å². The van der Waals surface area contributed by atoms with E-state index in [-0.39, 0.29) is 17.1 Å². The molecule has 0 bridgehead atoms. The van der Waals surface area contributed by atoms with Crippen LogP contribution in [0.3, 0.4) is 0 Å². The first-order chi connectivity index (χ1) is 6.67. The molecule has 0 saturated carbocycles. The number of allylic oxidation sites excluding steroid dienone is 1. The first kappa shape index (κ1) is 9.76. The van der Waals surface area contributed by atoms with E-state index < -0.39 is 0 Å². The third kappa shape index (κ3) is 2.09. The van der Waals surface area contributed by atoms with Gasteiger partial charge in [0.2, 0.25) is 5.76 Å². The average molecular weight is 186 g/mol. The summed E-state index contributed by atoms with van der Waals surface area (Å²) >= 11 is 0. The number of hydrogen-bond acceptors (Lipinski definition) is 4. The fourth-order valence-electron chi connectivity index (χ4n) is 0.845. The van der Waals surface area contributed by atoms with Crippen LogP contribution >= 0.6 is 0 Å². The summed E-state index contributed by atoms with van der Waals surface area (Å²) in [6.07, 6.45) is 1.31. The van der Waals surface area contributed by atoms with Gasteiger partial charge in [-0.25, -0.2) is 0 Å². The third-order valence-electron chi connectivity index (χ3n) is 1.52. The maximum absolute atomic E-state index is 10.9. The van der Waals surface area contributed by atoms with Crippen LogP contribution in [0.5, 0.6) is 0 Å². The highest BCUT2D eigenvalue weighted by Gasteiger charge is 2.04. The van der Waals surface area contributed by atoms with Crippen molar-refractivity contribution in [2.24, 2.45) is 0 Å². The zero-order chi connectivity index (χ0) is 10.6. The summed E-state index contributed by atoms with van der Waals surface area (Å²) in [5.41, 5.74) is 0.00356. The van der Waals surface area contributed by atoms with Gasteiger partial charge < -0.3 is 4.42 Å². The summed E-state index contributed by atoms with van der Waals surface area (Å²) in [6.45, 7) is 1.29. The Labute approximate surface area is 80.7 Å². The summed E-state index contributed by atoms with van der Waals surface area (Å²) in [7, 11) is 0. The van der Waals surface area contributed by atoms with Crippen LogP contribution in [0.1, 0.15) is 18.4 Å². The molecule has 0 saturated heterocycles. The highest BCUT2D eigenvalue weighted by Crippen LogP contribution is 2.11. The Morgan fingerprint density at radius 3 is 2.64 bits per heavy atom. The van der Waals surface area contributed by atoms with Gasteiger partial charge in [-0.3, -0.25) is 4.79 Å². The van der Waals surface area contributed by atoms with Crippen molar-refractivity contribution in [2.45, 2.75) is 6.92 Å². The van der Waals surface area contributed by atoms with Crippen molar-refractivity contribution in [3.63, 3.8) is 0 Å². The molecule has 0 fully saturated rings. The number of ketones is 1. The minimum absolute atomic E-state index is 0.00356. The van der Waals surface area contributed by atoms with Gasteiger partial charge in [0.15, 0.2) is 5.78 Å². The minimum atomic E-state index is -0.331. The lowest BCUT2D eigenvalue weighted by atomic mass is 10.2. The standard InChI is InChI=1S/C10H6N2O2/c1-7(13)8(5-11)4-9-2-3-10(6-12)14-9/h2-4H,1H3. The monoisotopic (exact) mass is 186 g/mol. The summed E-state index contributed by atoms with van der Waals surface area (Å²) < 4.78 is 4.97. The normalized spacial score (nSPS) is 10.4. The number of nitriles is 2. The highest BCUT2D eigenvalue weighted by molar-refractivity contribution is 6.01. The molecule has 1 aromatic rings. The second-order valence-corrected chi connectivity index (χ2v) is 2.54. The van der Waals surface area contributed by atoms with Gasteiger partial charge in [0.05, 0.1) is 5.57 Å². The Hall–Kier alpha value is -2.33. The lowest BCUT2D eigenvalue weighted by molar-refractivity contribution is -0.113. The zero-order valence-electron chi connectivity index (χ0n) is 7.44. The van der Waals surface area contributed by atoms with Gasteiger partial charge in [-0.2, -0.15) is 10.5 Å². The van der Waals surface area contributed by atoms with Gasteiger partial charge in [-0.15, -0.1) is 0 Å². The predicted molar refractivity (Wildman–Crippen MR) is 47.7 cm³/mol. The Balaban J connectivity index is 3.03. The van der Waals surface area contributed by atoms with Crippen LogP contribution in [0.4, 0.5) is 0 Å². The van der Waals surface area contributed by atoms with Gasteiger partial charge in [-0.1, -0.05) is 0 Å². The van der Waals surface area contributed by atoms with Crippen molar-refractivity contribution in [2.75, 3.05) is 0 Å². The van der Waals surface area contributed by atoms with Crippen LogP contribution in [0.2, 0.25) is 0 Å². The van der Waals surface area contributed by atoms with Crippen molar-refractivity contribution >= 4 is 11.9 Å². The number of carbonyl (C=O) groups is 1. The molecular weight excluding hydrogens is 180 g/mol. The minimum Gasteiger partial charge on any atom is -0.446 e. The number of carbonyl (C=O) groups excluding carboxylic acids is 1. The first-order valence-electron chi connectivity index (χ1n) is 3.80. The first-order valence-corrected chi connectivity index (χ1v) is 3.80. The molecule has 0 aromatic carbocycles. The maximum atomic E-state index is 10.9. The molecule has 0 atom stereocenters. The van der Waals surface area contributed by atoms with Crippen molar-refractivity contribution in [1.29, 1.82) is 10.5 Å². The van der Waals surface area contributed by atoms with E-state index >= 15 is 0 Å². The summed E-state index contributed by atoms with van der Waals surface area (Å²) in [5.74, 6) is 0.146. The quantitative estimate of drug-likeness (QED) is 0.519. The smallest absolute Gasteiger partial charge is 0.204 e. The molecule has 4 heteroatoms. The Kier molecular flexibility index (Phi) is 2.83. The van der Waals surface area contributed by atoms with Gasteiger partial charge >= 0.3 is 0 Å². The molecule has 68 valence electrons. The number of rotatable bonds is 2. The summed E-state index contributed by atoms with van der Waals surface area (Å²) in [5, 5.41) is 17.0. The number of Topliss-reactive ketones (excluding diaryl/α,β-unsaturated/α-hetero) is 1. The van der Waals surface area contributed by atoms with Crippen LogP contribution in [-0.2, 0) is 4.79 Å². The Morgan fingerprint density at radius 1 is 1.50 bits per heavy atom. The molecule has 0 aliphatic heterocycles. The van der Waals surface area contributed by atoms with Crippen LogP contribution in [0.25, 0.3) is 6.08 Å². The van der Waals surface area contributed by atoms with Crippen molar-refractivity contribution in [3.05, 3.63) is 29.2 Å². The maximum Gasteiger partial charge on any atom is 0.204 e. The number of hydrogen-bond donors (Lipinski definition) is 0. The molecule has 0 N–H and O–H groups in total. The Bertz CT molecular complexity index is 469. The largest absolute Gasteiger partial charge is 0.446 e. The van der Waals surface area contributed by atoms with E-state index in [2.05, 4.69) is 0 Å². The van der Waals surface area contributed by atoms with Crippen molar-refractivity contribution in [1.82, 2.24) is 0 Å². The molecule has 1 heterocycles. The molecule has 0 spiro atoms. The summed E-state index contributed by atoms with van der Waals surface area (Å²) in [4.78, 5) is 10.9. The Morgan fingerprint density at radius 2 is 2.21 bits per heavy atom. The molecule has 0 unspecified atom stereocenters. The molecular formula is C10H6N2O2. The van der Waals surface area contributed by atoms with Gasteiger partial charge in [-0.05, 0) is 19.1 Å². The van der Waals surface area contributed by atoms with Gasteiger partial charge in [0.1, 0.15) is 17.9 Å². The fraction of sp³-hybridized carbons (Fsp3) is 0.100. The highest BCUT2D eigenvalue weighted by atomic mass is 16.3. The van der Waals surface area contributed by atoms with E-state index in [1.807, 2.05) is 0 Å². The average Bonchev–Trinajstić information content (AvgIpc) is 2.61. The SMILES string of the molecule is CC(=O)C(C#N)=Cc1ccc(C#N)o1. The summed E-state index contributed by atoms with van der Waals surface area (Å²) in [6, 6.07) is 6.55. The van der Waals surface area contributed by atoms with E-state index in [1.54, 1.807) is 12.1 Å². The molecule has 14 heavy (non-hydrogen) atoms. The molecule has 0 radical (unpaired) electrons. The second kappa shape index (κ2) is 4.06. The van der Waals surface area contributed by atoms with E-state index in [0.717, 1.165) is 0 Å². The van der Waals surface area contributed by atoms with Crippen LogP contribution in [0.15, 0.2) is 22.1 Å². The third-order valence-corrected chi connectivity index (χ3v) is 1.52. The molecule has 0 aliphatic rings. The van der Waals surface area contributed by atoms with Gasteiger partial charge in [0.25, 0.3) is 0 Å². The fourth-order valence-corrected chi connectivity index (χ4v) is 0.845. The van der Waals surface area contributed by atoms with Crippen LogP contribution in [-0.4, -0.2) is 5.78 Å². The predicted octanol–water partition coefficient (Wildman–Crippen LogP) is 1.65. The molecule has 0 aliphatic carbocycles. The van der Waals surface area contributed by atoms with Crippen molar-refractivity contribution < 1.29 is 9.21 Å². The molecule has 4 nitrogen and oxygen atoms in total. The molecule has 0 amide bonds. The lowest BCUT2D eigenvalue weighted by Gasteiger charge is -1.88. The topological polar surface area (TPSA) is 77.8 Å². The molecule has 1 aromatic heterocycles. The van der Waals surface area contributed by atoms with E-state index in [1.165, 1.54) is 25.1 Å². The molecule has 1 rings (SSSR count). The lowest BCUT2D eigenvalue weighted by Crippen LogP contribution is -1.92. The van der Waals surface area contributed by atoms with Gasteiger partial charge in [0, 0.05) is 6.08 Å². The van der Waals surface area contributed by atoms with E-state index in [9.17, 15) is 4.79 Å². The number of furan rings is 1.